The van der Waals surface area contributed by atoms with Crippen LogP contribution >= 0.6 is 0 Å². The van der Waals surface area contributed by atoms with Crippen LogP contribution in [0, 0.1) is 0 Å². The van der Waals surface area contributed by atoms with Gasteiger partial charge in [-0.05, 0) is 62.8 Å². The number of carbonyl (C=O) groups excluding carboxylic acids is 3. The summed E-state index contributed by atoms with van der Waals surface area (Å²) in [5, 5.41) is 2.44. The summed E-state index contributed by atoms with van der Waals surface area (Å²) in [7, 11) is 0. The summed E-state index contributed by atoms with van der Waals surface area (Å²) in [6.45, 7) is 3.49. The molecule has 1 aromatic rings. The first-order chi connectivity index (χ1) is 10.5. The van der Waals surface area contributed by atoms with Crippen LogP contribution in [0.3, 0.4) is 0 Å². The van der Waals surface area contributed by atoms with E-state index in [-0.39, 0.29) is 6.04 Å². The fourth-order valence-corrected chi connectivity index (χ4v) is 2.44. The summed E-state index contributed by atoms with van der Waals surface area (Å²) in [6.07, 6.45) is 4.33. The molecule has 1 aliphatic carbocycles. The molecule has 118 valence electrons. The number of hydrogen-bond donors (Lipinski definition) is 3. The van der Waals surface area contributed by atoms with E-state index in [0.717, 1.165) is 19.3 Å². The smallest absolute Gasteiger partial charge is 0.327 e. The molecule has 0 saturated heterocycles. The molecule has 0 radical (unpaired) electrons. The van der Waals surface area contributed by atoms with Gasteiger partial charge in [0.15, 0.2) is 0 Å². The molecule has 1 aromatic carbocycles. The highest BCUT2D eigenvalue weighted by atomic mass is 16.2. The standard InChI is InChI=1S/C16H21N3O3/c1-10(2)17-15(21)16(22)19-18-14(20)13-8-7-11-5-3-4-6-12(11)9-13/h7-10H,3-6H2,1-2H3,(H,17,21)(H,18,20)(H,19,22). The second-order valence-corrected chi connectivity index (χ2v) is 5.73. The lowest BCUT2D eigenvalue weighted by Crippen LogP contribution is -2.49. The molecule has 0 aliphatic heterocycles. The van der Waals surface area contributed by atoms with Gasteiger partial charge in [0.1, 0.15) is 0 Å². The Morgan fingerprint density at radius 1 is 0.955 bits per heavy atom. The number of rotatable bonds is 2. The van der Waals surface area contributed by atoms with Crippen LogP contribution in [-0.2, 0) is 22.4 Å². The number of hydrogen-bond acceptors (Lipinski definition) is 3. The highest BCUT2D eigenvalue weighted by molar-refractivity contribution is 6.35. The van der Waals surface area contributed by atoms with E-state index < -0.39 is 17.7 Å². The minimum absolute atomic E-state index is 0.144. The van der Waals surface area contributed by atoms with Crippen LogP contribution < -0.4 is 16.2 Å². The van der Waals surface area contributed by atoms with Crippen molar-refractivity contribution in [3.8, 4) is 0 Å². The predicted octanol–water partition coefficient (Wildman–Crippen LogP) is 0.851. The number of fused-ring (bicyclic) bond motifs is 1. The van der Waals surface area contributed by atoms with Gasteiger partial charge in [-0.3, -0.25) is 25.2 Å². The van der Waals surface area contributed by atoms with Gasteiger partial charge in [0.2, 0.25) is 0 Å². The quantitative estimate of drug-likeness (QED) is 0.559. The Morgan fingerprint density at radius 3 is 2.32 bits per heavy atom. The van der Waals surface area contributed by atoms with Crippen LogP contribution in [0.25, 0.3) is 0 Å². The van der Waals surface area contributed by atoms with Crippen molar-refractivity contribution < 1.29 is 14.4 Å². The van der Waals surface area contributed by atoms with E-state index in [0.29, 0.717) is 5.56 Å². The number of hydrazine groups is 1. The van der Waals surface area contributed by atoms with Gasteiger partial charge in [0.25, 0.3) is 5.91 Å². The van der Waals surface area contributed by atoms with E-state index in [1.807, 2.05) is 12.1 Å². The number of carbonyl (C=O) groups is 3. The third kappa shape index (κ3) is 4.07. The second-order valence-electron chi connectivity index (χ2n) is 5.73. The third-order valence-electron chi connectivity index (χ3n) is 3.53. The summed E-state index contributed by atoms with van der Waals surface area (Å²) in [4.78, 5) is 35.0. The summed E-state index contributed by atoms with van der Waals surface area (Å²) in [5.41, 5.74) is 7.32. The minimum Gasteiger partial charge on any atom is -0.346 e. The maximum Gasteiger partial charge on any atom is 0.327 e. The largest absolute Gasteiger partial charge is 0.346 e. The van der Waals surface area contributed by atoms with Crippen LogP contribution in [0.1, 0.15) is 48.2 Å². The van der Waals surface area contributed by atoms with Crippen molar-refractivity contribution in [1.82, 2.24) is 16.2 Å². The summed E-state index contributed by atoms with van der Waals surface area (Å²) >= 11 is 0. The molecular weight excluding hydrogens is 282 g/mol. The van der Waals surface area contributed by atoms with Crippen molar-refractivity contribution in [2.75, 3.05) is 0 Å². The van der Waals surface area contributed by atoms with Gasteiger partial charge in [0.05, 0.1) is 0 Å². The SMILES string of the molecule is CC(C)NC(=O)C(=O)NNC(=O)c1ccc2c(c1)CCCC2. The molecule has 0 heterocycles. The van der Waals surface area contributed by atoms with E-state index >= 15 is 0 Å². The van der Waals surface area contributed by atoms with Crippen molar-refractivity contribution in [2.24, 2.45) is 0 Å². The number of nitrogens with one attached hydrogen (secondary N) is 3. The summed E-state index contributed by atoms with van der Waals surface area (Å²) in [6, 6.07) is 5.40. The molecule has 3 N–H and O–H groups in total. The Labute approximate surface area is 129 Å². The lowest BCUT2D eigenvalue weighted by molar-refractivity contribution is -0.139. The Morgan fingerprint density at radius 2 is 1.64 bits per heavy atom. The summed E-state index contributed by atoms with van der Waals surface area (Å²) in [5.74, 6) is -2.10. The first-order valence-electron chi connectivity index (χ1n) is 7.50. The fraction of sp³-hybridized carbons (Fsp3) is 0.438. The van der Waals surface area contributed by atoms with E-state index in [1.54, 1.807) is 19.9 Å². The first kappa shape index (κ1) is 16.0. The van der Waals surface area contributed by atoms with Gasteiger partial charge in [-0.1, -0.05) is 6.07 Å². The predicted molar refractivity (Wildman–Crippen MR) is 82.0 cm³/mol. The molecule has 3 amide bonds. The topological polar surface area (TPSA) is 87.3 Å². The third-order valence-corrected chi connectivity index (χ3v) is 3.53. The highest BCUT2D eigenvalue weighted by Gasteiger charge is 2.16. The number of amides is 3. The van der Waals surface area contributed by atoms with E-state index in [9.17, 15) is 14.4 Å². The molecule has 0 fully saturated rings. The molecule has 6 heteroatoms. The van der Waals surface area contributed by atoms with Crippen molar-refractivity contribution in [1.29, 1.82) is 0 Å². The average Bonchev–Trinajstić information content (AvgIpc) is 2.51. The van der Waals surface area contributed by atoms with E-state index in [2.05, 4.69) is 16.2 Å². The molecule has 0 bridgehead atoms. The molecule has 0 saturated carbocycles. The maximum absolute atomic E-state index is 12.0. The van der Waals surface area contributed by atoms with Crippen molar-refractivity contribution in [2.45, 2.75) is 45.6 Å². The Hall–Kier alpha value is -2.37. The molecule has 22 heavy (non-hydrogen) atoms. The lowest BCUT2D eigenvalue weighted by Gasteiger charge is -2.16. The van der Waals surface area contributed by atoms with Crippen LogP contribution in [0.5, 0.6) is 0 Å². The number of benzene rings is 1. The van der Waals surface area contributed by atoms with Crippen LogP contribution in [0.4, 0.5) is 0 Å². The zero-order chi connectivity index (χ0) is 16.1. The minimum atomic E-state index is -0.889. The Balaban J connectivity index is 1.92. The van der Waals surface area contributed by atoms with Crippen molar-refractivity contribution in [3.05, 3.63) is 34.9 Å². The van der Waals surface area contributed by atoms with Gasteiger partial charge >= 0.3 is 11.8 Å². The maximum atomic E-state index is 12.0. The fourth-order valence-electron chi connectivity index (χ4n) is 2.44. The molecule has 0 spiro atoms. The zero-order valence-corrected chi connectivity index (χ0v) is 12.9. The normalized spacial score (nSPS) is 13.2. The average molecular weight is 303 g/mol. The number of aryl methyl sites for hydroxylation is 2. The van der Waals surface area contributed by atoms with Gasteiger partial charge in [-0.2, -0.15) is 0 Å². The molecule has 0 unspecified atom stereocenters. The van der Waals surface area contributed by atoms with Gasteiger partial charge in [-0.15, -0.1) is 0 Å². The van der Waals surface area contributed by atoms with E-state index in [1.165, 1.54) is 17.5 Å². The van der Waals surface area contributed by atoms with Crippen LogP contribution in [0.15, 0.2) is 18.2 Å². The molecule has 6 nitrogen and oxygen atoms in total. The molecule has 0 atom stereocenters. The monoisotopic (exact) mass is 303 g/mol. The van der Waals surface area contributed by atoms with Crippen LogP contribution in [-0.4, -0.2) is 23.8 Å². The molecule has 2 rings (SSSR count). The molecule has 0 aromatic heterocycles. The van der Waals surface area contributed by atoms with Crippen LogP contribution in [0.2, 0.25) is 0 Å². The highest BCUT2D eigenvalue weighted by Crippen LogP contribution is 2.22. The molecule has 1 aliphatic rings. The first-order valence-corrected chi connectivity index (χ1v) is 7.50. The van der Waals surface area contributed by atoms with Gasteiger partial charge in [0, 0.05) is 11.6 Å². The Kier molecular flexibility index (Phi) is 5.14. The van der Waals surface area contributed by atoms with Gasteiger partial charge in [-0.25, -0.2) is 0 Å². The van der Waals surface area contributed by atoms with E-state index in [4.69, 9.17) is 0 Å². The zero-order valence-electron chi connectivity index (χ0n) is 12.9. The van der Waals surface area contributed by atoms with Crippen molar-refractivity contribution >= 4 is 17.7 Å². The van der Waals surface area contributed by atoms with Gasteiger partial charge < -0.3 is 5.32 Å². The summed E-state index contributed by atoms with van der Waals surface area (Å²) < 4.78 is 0. The Bertz CT molecular complexity index is 596. The van der Waals surface area contributed by atoms with Crippen molar-refractivity contribution in [3.63, 3.8) is 0 Å². The lowest BCUT2D eigenvalue weighted by atomic mass is 9.90. The second kappa shape index (κ2) is 7.06. The molecular formula is C16H21N3O3.